The van der Waals surface area contributed by atoms with Crippen molar-refractivity contribution in [3.8, 4) is 17.1 Å². The summed E-state index contributed by atoms with van der Waals surface area (Å²) in [5.41, 5.74) is 2.38. The SMILES string of the molecule is CCCCCCCCCCCCOc1ccc(-c2ncc([C@H]3CC[C@H](CCCCC)CC3)cn2)cc1. The third kappa shape index (κ3) is 10.6. The highest BCUT2D eigenvalue weighted by Gasteiger charge is 2.22. The molecule has 0 bridgehead atoms. The molecular weight excluding hydrogens is 440 g/mol. The molecule has 1 aromatic carbocycles. The lowest BCUT2D eigenvalue weighted by Gasteiger charge is -2.28. The number of benzene rings is 1. The van der Waals surface area contributed by atoms with Gasteiger partial charge in [0.15, 0.2) is 5.82 Å². The molecular formula is C33H52N2O. The van der Waals surface area contributed by atoms with Crippen LogP contribution in [0.25, 0.3) is 11.4 Å². The molecule has 3 nitrogen and oxygen atoms in total. The lowest BCUT2D eigenvalue weighted by atomic mass is 9.77. The van der Waals surface area contributed by atoms with Gasteiger partial charge in [0.25, 0.3) is 0 Å². The number of unbranched alkanes of at least 4 members (excludes halogenated alkanes) is 11. The van der Waals surface area contributed by atoms with Crippen LogP contribution in [-0.4, -0.2) is 16.6 Å². The predicted octanol–water partition coefficient (Wildman–Crippen LogP) is 10.3. The van der Waals surface area contributed by atoms with Crippen LogP contribution < -0.4 is 4.74 Å². The number of hydrogen-bond acceptors (Lipinski definition) is 3. The summed E-state index contributed by atoms with van der Waals surface area (Å²) in [6, 6.07) is 8.29. The van der Waals surface area contributed by atoms with E-state index in [4.69, 9.17) is 14.7 Å². The van der Waals surface area contributed by atoms with Crippen molar-refractivity contribution in [2.24, 2.45) is 5.92 Å². The lowest BCUT2D eigenvalue weighted by molar-refractivity contribution is 0.302. The van der Waals surface area contributed by atoms with Gasteiger partial charge in [0, 0.05) is 18.0 Å². The van der Waals surface area contributed by atoms with Crippen molar-refractivity contribution in [1.29, 1.82) is 0 Å². The molecule has 0 atom stereocenters. The van der Waals surface area contributed by atoms with Crippen molar-refractivity contribution in [3.05, 3.63) is 42.2 Å². The minimum Gasteiger partial charge on any atom is -0.494 e. The fourth-order valence-electron chi connectivity index (χ4n) is 5.65. The van der Waals surface area contributed by atoms with Crippen LogP contribution in [0.2, 0.25) is 0 Å². The standard InChI is InChI=1S/C33H52N2O/c1-3-5-7-8-9-10-11-12-13-15-25-36-32-23-21-30(22-24-32)33-34-26-31(27-35-33)29-19-17-28(18-20-29)16-14-6-4-2/h21-24,26-29H,3-20,25H2,1-2H3/t28-,29-. The van der Waals surface area contributed by atoms with Crippen LogP contribution in [0, 0.1) is 5.92 Å². The Morgan fingerprint density at radius 1 is 0.667 bits per heavy atom. The Labute approximate surface area is 221 Å². The maximum Gasteiger partial charge on any atom is 0.159 e. The third-order valence-corrected chi connectivity index (χ3v) is 8.09. The second kappa shape index (κ2) is 17.5. The maximum atomic E-state index is 5.97. The summed E-state index contributed by atoms with van der Waals surface area (Å²) >= 11 is 0. The first-order valence-corrected chi connectivity index (χ1v) is 15.3. The van der Waals surface area contributed by atoms with Crippen molar-refractivity contribution in [2.75, 3.05) is 6.61 Å². The van der Waals surface area contributed by atoms with Crippen LogP contribution >= 0.6 is 0 Å². The Hall–Kier alpha value is -1.90. The van der Waals surface area contributed by atoms with E-state index >= 15 is 0 Å². The maximum absolute atomic E-state index is 5.97. The predicted molar refractivity (Wildman–Crippen MR) is 154 cm³/mol. The van der Waals surface area contributed by atoms with E-state index in [0.717, 1.165) is 36.1 Å². The van der Waals surface area contributed by atoms with E-state index in [0.29, 0.717) is 5.92 Å². The Bertz CT molecular complexity index is 793. The highest BCUT2D eigenvalue weighted by molar-refractivity contribution is 5.56. The van der Waals surface area contributed by atoms with E-state index in [1.807, 2.05) is 0 Å². The summed E-state index contributed by atoms with van der Waals surface area (Å²) in [5, 5.41) is 0. The molecule has 0 N–H and O–H groups in total. The van der Waals surface area contributed by atoms with E-state index in [1.54, 1.807) is 0 Å². The van der Waals surface area contributed by atoms with Gasteiger partial charge in [-0.15, -0.1) is 0 Å². The first-order valence-electron chi connectivity index (χ1n) is 15.3. The smallest absolute Gasteiger partial charge is 0.159 e. The molecule has 36 heavy (non-hydrogen) atoms. The van der Waals surface area contributed by atoms with Gasteiger partial charge in [-0.05, 0) is 73.8 Å². The van der Waals surface area contributed by atoms with Crippen molar-refractivity contribution >= 4 is 0 Å². The van der Waals surface area contributed by atoms with Crippen LogP contribution in [0.4, 0.5) is 0 Å². The van der Waals surface area contributed by atoms with Gasteiger partial charge < -0.3 is 4.74 Å². The van der Waals surface area contributed by atoms with Crippen LogP contribution in [-0.2, 0) is 0 Å². The summed E-state index contributed by atoms with van der Waals surface area (Å²) in [6.45, 7) is 5.38. The Balaban J connectivity index is 1.30. The summed E-state index contributed by atoms with van der Waals surface area (Å²) < 4.78 is 5.97. The van der Waals surface area contributed by atoms with E-state index in [9.17, 15) is 0 Å². The zero-order valence-corrected chi connectivity index (χ0v) is 23.4. The van der Waals surface area contributed by atoms with Gasteiger partial charge in [-0.25, -0.2) is 9.97 Å². The Kier molecular flexibility index (Phi) is 14.0. The summed E-state index contributed by atoms with van der Waals surface area (Å²) in [4.78, 5) is 9.43. The van der Waals surface area contributed by atoms with Crippen molar-refractivity contribution < 1.29 is 4.74 Å². The molecule has 1 aromatic heterocycles. The molecule has 1 fully saturated rings. The van der Waals surface area contributed by atoms with Gasteiger partial charge in [-0.1, -0.05) is 97.3 Å². The Morgan fingerprint density at radius 3 is 1.83 bits per heavy atom. The normalized spacial score (nSPS) is 17.8. The number of ether oxygens (including phenoxy) is 1. The van der Waals surface area contributed by atoms with Gasteiger partial charge in [-0.3, -0.25) is 0 Å². The van der Waals surface area contributed by atoms with E-state index in [1.165, 1.54) is 115 Å². The van der Waals surface area contributed by atoms with Gasteiger partial charge in [0.1, 0.15) is 5.75 Å². The van der Waals surface area contributed by atoms with Crippen LogP contribution in [0.1, 0.15) is 141 Å². The van der Waals surface area contributed by atoms with Crippen LogP contribution in [0.5, 0.6) is 5.75 Å². The quantitative estimate of drug-likeness (QED) is 0.194. The molecule has 1 aliphatic rings. The van der Waals surface area contributed by atoms with Gasteiger partial charge in [0.2, 0.25) is 0 Å². The number of nitrogens with zero attached hydrogens (tertiary/aromatic N) is 2. The van der Waals surface area contributed by atoms with Crippen molar-refractivity contribution in [2.45, 2.75) is 135 Å². The molecule has 1 heterocycles. The second-order valence-electron chi connectivity index (χ2n) is 11.1. The fourth-order valence-corrected chi connectivity index (χ4v) is 5.65. The van der Waals surface area contributed by atoms with E-state index in [-0.39, 0.29) is 0 Å². The zero-order valence-electron chi connectivity index (χ0n) is 23.4. The number of aromatic nitrogens is 2. The van der Waals surface area contributed by atoms with E-state index < -0.39 is 0 Å². The largest absolute Gasteiger partial charge is 0.494 e. The zero-order chi connectivity index (χ0) is 25.3. The van der Waals surface area contributed by atoms with Crippen LogP contribution in [0.15, 0.2) is 36.7 Å². The molecule has 1 saturated carbocycles. The molecule has 0 radical (unpaired) electrons. The molecule has 3 heteroatoms. The fraction of sp³-hybridized carbons (Fsp3) is 0.697. The highest BCUT2D eigenvalue weighted by Crippen LogP contribution is 2.37. The molecule has 200 valence electrons. The average Bonchev–Trinajstić information content (AvgIpc) is 2.93. The molecule has 0 amide bonds. The van der Waals surface area contributed by atoms with Gasteiger partial charge in [0.05, 0.1) is 6.61 Å². The first kappa shape index (κ1) is 28.7. The highest BCUT2D eigenvalue weighted by atomic mass is 16.5. The monoisotopic (exact) mass is 492 g/mol. The van der Waals surface area contributed by atoms with Gasteiger partial charge >= 0.3 is 0 Å². The molecule has 2 aromatic rings. The minimum atomic E-state index is 0.642. The minimum absolute atomic E-state index is 0.642. The van der Waals surface area contributed by atoms with Crippen LogP contribution in [0.3, 0.4) is 0 Å². The molecule has 0 saturated heterocycles. The lowest BCUT2D eigenvalue weighted by Crippen LogP contribution is -2.14. The van der Waals surface area contributed by atoms with Gasteiger partial charge in [-0.2, -0.15) is 0 Å². The first-order chi connectivity index (χ1) is 17.8. The van der Waals surface area contributed by atoms with Crippen molar-refractivity contribution in [3.63, 3.8) is 0 Å². The summed E-state index contributed by atoms with van der Waals surface area (Å²) in [7, 11) is 0. The molecule has 1 aliphatic carbocycles. The second-order valence-corrected chi connectivity index (χ2v) is 11.1. The number of rotatable bonds is 18. The topological polar surface area (TPSA) is 35.0 Å². The molecule has 0 spiro atoms. The average molecular weight is 493 g/mol. The molecule has 0 unspecified atom stereocenters. The number of hydrogen-bond donors (Lipinski definition) is 0. The molecule has 0 aliphatic heterocycles. The molecule has 3 rings (SSSR count). The van der Waals surface area contributed by atoms with E-state index in [2.05, 4.69) is 50.5 Å². The summed E-state index contributed by atoms with van der Waals surface area (Å²) in [5.74, 6) is 3.34. The summed E-state index contributed by atoms with van der Waals surface area (Å²) in [6.07, 6.45) is 28.5. The van der Waals surface area contributed by atoms with Crippen molar-refractivity contribution in [1.82, 2.24) is 9.97 Å². The Morgan fingerprint density at radius 2 is 1.22 bits per heavy atom. The third-order valence-electron chi connectivity index (χ3n) is 8.09.